The van der Waals surface area contributed by atoms with E-state index < -0.39 is 36.2 Å². The van der Waals surface area contributed by atoms with Gasteiger partial charge in [0.1, 0.15) is 12.4 Å². The fourth-order valence-corrected chi connectivity index (χ4v) is 3.47. The zero-order valence-corrected chi connectivity index (χ0v) is 18.4. The molecule has 1 saturated heterocycles. The van der Waals surface area contributed by atoms with E-state index in [0.29, 0.717) is 16.5 Å². The number of carboxylic acid groups (broad SMARTS) is 1. The van der Waals surface area contributed by atoms with Gasteiger partial charge in [0.15, 0.2) is 5.82 Å². The van der Waals surface area contributed by atoms with Crippen molar-refractivity contribution in [3.63, 3.8) is 0 Å². The van der Waals surface area contributed by atoms with Crippen LogP contribution in [0.2, 0.25) is 0 Å². The van der Waals surface area contributed by atoms with Crippen molar-refractivity contribution < 1.29 is 37.1 Å². The molecular weight excluding hydrogens is 440 g/mol. The van der Waals surface area contributed by atoms with Gasteiger partial charge in [0.2, 0.25) is 0 Å². The van der Waals surface area contributed by atoms with Crippen LogP contribution in [0.25, 0.3) is 11.0 Å². The van der Waals surface area contributed by atoms with Gasteiger partial charge < -0.3 is 19.2 Å². The second-order valence-electron chi connectivity index (χ2n) is 8.79. The van der Waals surface area contributed by atoms with E-state index in [4.69, 9.17) is 14.0 Å². The summed E-state index contributed by atoms with van der Waals surface area (Å²) < 4.78 is 56.7. The third-order valence-electron chi connectivity index (χ3n) is 6.01. The normalized spacial score (nSPS) is 17.5. The van der Waals surface area contributed by atoms with Gasteiger partial charge in [-0.15, -0.1) is 0 Å². The van der Waals surface area contributed by atoms with Crippen LogP contribution in [0.5, 0.6) is 5.75 Å². The Morgan fingerprint density at radius 3 is 2.24 bits per heavy atom. The predicted molar refractivity (Wildman–Crippen MR) is 115 cm³/mol. The molecular formula is C22H22BF3N2O5. The average molecular weight is 462 g/mol. The van der Waals surface area contributed by atoms with Crippen molar-refractivity contribution in [3.8, 4) is 5.75 Å². The fourth-order valence-electron chi connectivity index (χ4n) is 3.47. The highest BCUT2D eigenvalue weighted by Gasteiger charge is 2.51. The van der Waals surface area contributed by atoms with Gasteiger partial charge >= 0.3 is 19.4 Å². The number of alkyl halides is 3. The molecule has 1 aliphatic rings. The van der Waals surface area contributed by atoms with E-state index in [2.05, 4.69) is 4.98 Å². The molecule has 0 spiro atoms. The van der Waals surface area contributed by atoms with E-state index in [9.17, 15) is 23.1 Å². The van der Waals surface area contributed by atoms with Gasteiger partial charge in [0.05, 0.1) is 27.8 Å². The third-order valence-corrected chi connectivity index (χ3v) is 6.01. The molecule has 2 heterocycles. The van der Waals surface area contributed by atoms with E-state index in [1.54, 1.807) is 18.2 Å². The zero-order chi connectivity index (χ0) is 24.2. The molecule has 33 heavy (non-hydrogen) atoms. The van der Waals surface area contributed by atoms with Crippen molar-refractivity contribution in [2.45, 2.75) is 51.7 Å². The molecule has 1 fully saturated rings. The van der Waals surface area contributed by atoms with Gasteiger partial charge in [-0.1, -0.05) is 6.07 Å². The SMILES string of the molecule is CC1(C)OB(c2ccc3c(c2)nc(COc2ccc(C(F)(F)F)cc2)n3C(=O)O)OC1(C)C. The Labute approximate surface area is 188 Å². The Hall–Kier alpha value is -3.05. The average Bonchev–Trinajstić information content (AvgIpc) is 3.18. The van der Waals surface area contributed by atoms with Crippen LogP contribution in [0.15, 0.2) is 42.5 Å². The van der Waals surface area contributed by atoms with Gasteiger partial charge in [0, 0.05) is 0 Å². The van der Waals surface area contributed by atoms with Crippen molar-refractivity contribution in [1.82, 2.24) is 9.55 Å². The van der Waals surface area contributed by atoms with Crippen LogP contribution in [0, 0.1) is 0 Å². The monoisotopic (exact) mass is 462 g/mol. The molecule has 0 aliphatic carbocycles. The summed E-state index contributed by atoms with van der Waals surface area (Å²) in [5.74, 6) is 0.244. The molecule has 0 saturated carbocycles. The van der Waals surface area contributed by atoms with Crippen molar-refractivity contribution in [2.24, 2.45) is 0 Å². The number of rotatable bonds is 4. The number of aromatic nitrogens is 2. The number of imidazole rings is 1. The Balaban J connectivity index is 1.60. The van der Waals surface area contributed by atoms with Gasteiger partial charge in [0.25, 0.3) is 0 Å². The van der Waals surface area contributed by atoms with Crippen LogP contribution in [-0.2, 0) is 22.1 Å². The first-order chi connectivity index (χ1) is 15.3. The van der Waals surface area contributed by atoms with E-state index in [1.807, 2.05) is 27.7 Å². The number of fused-ring (bicyclic) bond motifs is 1. The van der Waals surface area contributed by atoms with E-state index >= 15 is 0 Å². The van der Waals surface area contributed by atoms with Crippen LogP contribution in [0.4, 0.5) is 18.0 Å². The Bertz CT molecular complexity index is 1190. The van der Waals surface area contributed by atoms with Crippen molar-refractivity contribution >= 4 is 29.7 Å². The van der Waals surface area contributed by atoms with Crippen LogP contribution in [0.3, 0.4) is 0 Å². The third kappa shape index (κ3) is 4.30. The highest BCUT2D eigenvalue weighted by Crippen LogP contribution is 2.36. The molecule has 0 amide bonds. The molecule has 0 unspecified atom stereocenters. The number of hydrogen-bond donors (Lipinski definition) is 1. The lowest BCUT2D eigenvalue weighted by molar-refractivity contribution is -0.137. The lowest BCUT2D eigenvalue weighted by atomic mass is 9.79. The Morgan fingerprint density at radius 1 is 1.09 bits per heavy atom. The highest BCUT2D eigenvalue weighted by atomic mass is 19.4. The molecule has 11 heteroatoms. The first-order valence-corrected chi connectivity index (χ1v) is 10.2. The molecule has 1 aliphatic heterocycles. The van der Waals surface area contributed by atoms with Crippen LogP contribution >= 0.6 is 0 Å². The summed E-state index contributed by atoms with van der Waals surface area (Å²) in [4.78, 5) is 16.2. The minimum Gasteiger partial charge on any atom is -0.486 e. The number of benzene rings is 2. The maximum absolute atomic E-state index is 12.7. The van der Waals surface area contributed by atoms with Crippen LogP contribution < -0.4 is 10.2 Å². The summed E-state index contributed by atoms with van der Waals surface area (Å²) in [5, 5.41) is 9.69. The molecule has 4 rings (SSSR count). The zero-order valence-electron chi connectivity index (χ0n) is 18.4. The molecule has 3 aromatic rings. The standard InChI is InChI=1S/C22H22BF3N2O5/c1-20(2)21(3,4)33-23(32-20)14-7-10-17-16(11-14)27-18(28(17)19(29)30)12-31-15-8-5-13(6-9-15)22(24,25)26/h5-11H,12H2,1-4H3,(H,29,30). The summed E-state index contributed by atoms with van der Waals surface area (Å²) >= 11 is 0. The second-order valence-corrected chi connectivity index (χ2v) is 8.79. The van der Waals surface area contributed by atoms with E-state index in [1.165, 1.54) is 12.1 Å². The summed E-state index contributed by atoms with van der Waals surface area (Å²) in [6, 6.07) is 9.15. The Kier molecular flexibility index (Phi) is 5.45. The minimum absolute atomic E-state index is 0.0865. The Morgan fingerprint density at radius 2 is 1.70 bits per heavy atom. The molecule has 1 aromatic heterocycles. The smallest absolute Gasteiger partial charge is 0.486 e. The summed E-state index contributed by atoms with van der Waals surface area (Å²) in [6.45, 7) is 7.48. The van der Waals surface area contributed by atoms with Crippen molar-refractivity contribution in [1.29, 1.82) is 0 Å². The largest absolute Gasteiger partial charge is 0.494 e. The maximum Gasteiger partial charge on any atom is 0.494 e. The summed E-state index contributed by atoms with van der Waals surface area (Å²) in [7, 11) is -0.638. The molecule has 174 valence electrons. The van der Waals surface area contributed by atoms with Gasteiger partial charge in [-0.3, -0.25) is 0 Å². The fraction of sp³-hybridized carbons (Fsp3) is 0.364. The molecule has 0 bridgehead atoms. The quantitative estimate of drug-likeness (QED) is 0.577. The number of hydrogen-bond acceptors (Lipinski definition) is 5. The van der Waals surface area contributed by atoms with Crippen LogP contribution in [0.1, 0.15) is 39.1 Å². The highest BCUT2D eigenvalue weighted by molar-refractivity contribution is 6.62. The van der Waals surface area contributed by atoms with E-state index in [0.717, 1.165) is 16.7 Å². The number of halogens is 3. The molecule has 0 radical (unpaired) electrons. The van der Waals surface area contributed by atoms with Crippen molar-refractivity contribution in [2.75, 3.05) is 0 Å². The lowest BCUT2D eigenvalue weighted by Crippen LogP contribution is -2.41. The number of ether oxygens (including phenoxy) is 1. The first kappa shape index (κ1) is 23.1. The second kappa shape index (κ2) is 7.77. The first-order valence-electron chi connectivity index (χ1n) is 10.2. The predicted octanol–water partition coefficient (Wildman–Crippen LogP) is 4.46. The van der Waals surface area contributed by atoms with Gasteiger partial charge in [-0.2, -0.15) is 13.2 Å². The minimum atomic E-state index is -4.45. The molecule has 0 atom stereocenters. The topological polar surface area (TPSA) is 82.8 Å². The maximum atomic E-state index is 12.7. The van der Waals surface area contributed by atoms with Gasteiger partial charge in [-0.05, 0) is 69.6 Å². The molecule has 7 nitrogen and oxygen atoms in total. The molecule has 1 N–H and O–H groups in total. The van der Waals surface area contributed by atoms with Crippen molar-refractivity contribution in [3.05, 3.63) is 53.9 Å². The lowest BCUT2D eigenvalue weighted by Gasteiger charge is -2.32. The molecule has 2 aromatic carbocycles. The summed E-state index contributed by atoms with van der Waals surface area (Å²) in [5.41, 5.74) is -0.444. The number of carbonyl (C=O) groups is 1. The van der Waals surface area contributed by atoms with Crippen LogP contribution in [-0.4, -0.2) is 39.1 Å². The summed E-state index contributed by atoms with van der Waals surface area (Å²) in [6.07, 6.45) is -5.71. The number of nitrogens with zero attached hydrogens (tertiary/aromatic N) is 2. The van der Waals surface area contributed by atoms with Gasteiger partial charge in [-0.25, -0.2) is 14.3 Å². The van der Waals surface area contributed by atoms with E-state index in [-0.39, 0.29) is 18.2 Å².